The molecule has 0 bridgehead atoms. The molecular formula is C56H35BN2O2. The average Bonchev–Trinajstić information content (AvgIpc) is 3.66. The summed E-state index contributed by atoms with van der Waals surface area (Å²) in [6.07, 6.45) is 0. The van der Waals surface area contributed by atoms with Crippen molar-refractivity contribution < 1.29 is 9.47 Å². The Bertz CT molecular complexity index is 3550. The van der Waals surface area contributed by atoms with Crippen LogP contribution in [0.1, 0.15) is 0 Å². The Hall–Kier alpha value is -8.02. The van der Waals surface area contributed by atoms with Gasteiger partial charge in [0.05, 0.1) is 11.0 Å². The van der Waals surface area contributed by atoms with Gasteiger partial charge in [0.1, 0.15) is 23.0 Å². The van der Waals surface area contributed by atoms with Gasteiger partial charge < -0.3 is 18.9 Å². The molecule has 13 rings (SSSR count). The Morgan fingerprint density at radius 2 is 0.934 bits per heavy atom. The number of fused-ring (bicyclic) bond motifs is 12. The highest BCUT2D eigenvalue weighted by molar-refractivity contribution is 6.99. The lowest BCUT2D eigenvalue weighted by molar-refractivity contribution is 0.468. The third kappa shape index (κ3) is 5.14. The molecule has 4 nitrogen and oxygen atoms in total. The number of rotatable bonds is 5. The lowest BCUT2D eigenvalue weighted by Crippen LogP contribution is -2.57. The van der Waals surface area contributed by atoms with E-state index in [1.807, 2.05) is 0 Å². The van der Waals surface area contributed by atoms with E-state index < -0.39 is 0 Å². The molecule has 0 unspecified atom stereocenters. The first-order valence-electron chi connectivity index (χ1n) is 20.9. The minimum Gasteiger partial charge on any atom is -0.458 e. The molecule has 0 saturated heterocycles. The quantitative estimate of drug-likeness (QED) is 0.129. The molecule has 284 valence electrons. The van der Waals surface area contributed by atoms with Gasteiger partial charge in [-0.25, -0.2) is 0 Å². The van der Waals surface area contributed by atoms with E-state index in [1.54, 1.807) is 0 Å². The van der Waals surface area contributed by atoms with Crippen molar-refractivity contribution in [3.05, 3.63) is 212 Å². The fraction of sp³-hybridized carbons (Fsp3) is 0. The Morgan fingerprint density at radius 3 is 1.70 bits per heavy atom. The van der Waals surface area contributed by atoms with Crippen molar-refractivity contribution in [2.45, 2.75) is 0 Å². The van der Waals surface area contributed by atoms with Gasteiger partial charge in [-0.3, -0.25) is 0 Å². The van der Waals surface area contributed by atoms with E-state index in [-0.39, 0.29) is 6.71 Å². The molecule has 2 aliphatic rings. The van der Waals surface area contributed by atoms with E-state index >= 15 is 0 Å². The molecular weight excluding hydrogens is 743 g/mol. The maximum atomic E-state index is 7.13. The van der Waals surface area contributed by atoms with E-state index in [9.17, 15) is 0 Å². The first-order valence-corrected chi connectivity index (χ1v) is 20.9. The molecule has 5 heteroatoms. The van der Waals surface area contributed by atoms with Gasteiger partial charge in [0.15, 0.2) is 0 Å². The van der Waals surface area contributed by atoms with Crippen LogP contribution in [-0.4, -0.2) is 11.3 Å². The molecule has 0 spiro atoms. The normalized spacial score (nSPS) is 12.5. The van der Waals surface area contributed by atoms with Crippen molar-refractivity contribution in [2.75, 3.05) is 4.90 Å². The molecule has 0 saturated carbocycles. The first-order chi connectivity index (χ1) is 30.3. The molecule has 0 amide bonds. The molecule has 0 N–H and O–H groups in total. The van der Waals surface area contributed by atoms with Crippen LogP contribution in [0.5, 0.6) is 23.0 Å². The van der Waals surface area contributed by atoms with E-state index in [4.69, 9.17) is 9.47 Å². The van der Waals surface area contributed by atoms with Gasteiger partial charge in [-0.2, -0.15) is 0 Å². The van der Waals surface area contributed by atoms with Gasteiger partial charge in [0, 0.05) is 50.4 Å². The zero-order valence-corrected chi connectivity index (χ0v) is 33.0. The number of nitrogens with zero attached hydrogens (tertiary/aromatic N) is 2. The highest BCUT2D eigenvalue weighted by atomic mass is 16.5. The summed E-state index contributed by atoms with van der Waals surface area (Å²) in [5.41, 5.74) is 12.1. The monoisotopic (exact) mass is 778 g/mol. The van der Waals surface area contributed by atoms with Gasteiger partial charge in [0.2, 0.25) is 0 Å². The van der Waals surface area contributed by atoms with Crippen LogP contribution >= 0.6 is 0 Å². The van der Waals surface area contributed by atoms with Crippen molar-refractivity contribution in [1.82, 2.24) is 4.57 Å². The molecule has 10 aromatic carbocycles. The second-order valence-corrected chi connectivity index (χ2v) is 16.0. The summed E-state index contributed by atoms with van der Waals surface area (Å²) in [6, 6.07) is 75.9. The predicted molar refractivity (Wildman–Crippen MR) is 254 cm³/mol. The molecule has 61 heavy (non-hydrogen) atoms. The first kappa shape index (κ1) is 33.9. The van der Waals surface area contributed by atoms with Crippen molar-refractivity contribution in [1.29, 1.82) is 0 Å². The number of benzene rings is 10. The fourth-order valence-electron chi connectivity index (χ4n) is 10.0. The van der Waals surface area contributed by atoms with E-state index in [1.165, 1.54) is 37.9 Å². The van der Waals surface area contributed by atoms with Crippen molar-refractivity contribution in [3.8, 4) is 39.8 Å². The largest absolute Gasteiger partial charge is 0.458 e. The number of aromatic nitrogens is 1. The number of ether oxygens (including phenoxy) is 2. The zero-order valence-electron chi connectivity index (χ0n) is 33.0. The van der Waals surface area contributed by atoms with Crippen LogP contribution in [0, 0.1) is 0 Å². The van der Waals surface area contributed by atoms with Crippen LogP contribution in [-0.2, 0) is 0 Å². The second-order valence-electron chi connectivity index (χ2n) is 16.0. The zero-order chi connectivity index (χ0) is 40.0. The molecule has 0 atom stereocenters. The Morgan fingerprint density at radius 1 is 0.361 bits per heavy atom. The summed E-state index contributed by atoms with van der Waals surface area (Å²) in [7, 11) is 0. The van der Waals surface area contributed by atoms with Crippen molar-refractivity contribution >= 4 is 83.5 Å². The van der Waals surface area contributed by atoms with Gasteiger partial charge in [-0.05, 0) is 105 Å². The minimum atomic E-state index is -0.114. The summed E-state index contributed by atoms with van der Waals surface area (Å²) >= 11 is 0. The van der Waals surface area contributed by atoms with Crippen LogP contribution in [0.2, 0.25) is 0 Å². The smallest absolute Gasteiger partial charge is 0.261 e. The topological polar surface area (TPSA) is 26.6 Å². The van der Waals surface area contributed by atoms with E-state index in [0.717, 1.165) is 78.7 Å². The van der Waals surface area contributed by atoms with Crippen LogP contribution in [0.4, 0.5) is 17.1 Å². The van der Waals surface area contributed by atoms with Crippen LogP contribution in [0.3, 0.4) is 0 Å². The maximum absolute atomic E-state index is 7.13. The average molecular weight is 779 g/mol. The maximum Gasteiger partial charge on any atom is 0.261 e. The number of para-hydroxylation sites is 3. The highest BCUT2D eigenvalue weighted by Gasteiger charge is 2.42. The van der Waals surface area contributed by atoms with Crippen LogP contribution in [0.15, 0.2) is 212 Å². The van der Waals surface area contributed by atoms with Crippen LogP contribution in [0.25, 0.3) is 60.2 Å². The summed E-state index contributed by atoms with van der Waals surface area (Å²) in [6.45, 7) is -0.114. The van der Waals surface area contributed by atoms with E-state index in [2.05, 4.69) is 222 Å². The van der Waals surface area contributed by atoms with Gasteiger partial charge in [0.25, 0.3) is 6.71 Å². The fourth-order valence-corrected chi connectivity index (χ4v) is 10.0. The molecule has 2 aliphatic heterocycles. The standard InChI is InChI=1S/C56H35BN2O2/c1-4-16-36(17-5-1)37-32-52-55-53(33-37)61-56-46-26-13-11-23-43(46)42-22-10-12-25-45(42)54(56)57(55)48-30-28-41(35-51(48)60-52)58(38-18-6-2-7-19-38)40-29-31-50-47(34-40)44-24-14-15-27-49(44)59(50)39-20-8-3-9-21-39/h1-35H. The summed E-state index contributed by atoms with van der Waals surface area (Å²) in [5, 5.41) is 7.11. The predicted octanol–water partition coefficient (Wildman–Crippen LogP) is 13.0. The van der Waals surface area contributed by atoms with Gasteiger partial charge in [-0.1, -0.05) is 140 Å². The molecule has 1 aromatic heterocycles. The highest BCUT2D eigenvalue weighted by Crippen LogP contribution is 2.45. The summed E-state index contributed by atoms with van der Waals surface area (Å²) in [4.78, 5) is 2.35. The van der Waals surface area contributed by atoms with Crippen LogP contribution < -0.4 is 30.8 Å². The summed E-state index contributed by atoms with van der Waals surface area (Å²) in [5.74, 6) is 3.39. The Kier molecular flexibility index (Phi) is 7.37. The second kappa shape index (κ2) is 13.3. The number of hydrogen-bond acceptors (Lipinski definition) is 3. The molecule has 0 radical (unpaired) electrons. The Labute approximate surface area is 353 Å². The van der Waals surface area contributed by atoms with Crippen molar-refractivity contribution in [2.24, 2.45) is 0 Å². The molecule has 3 heterocycles. The molecule has 11 aromatic rings. The Balaban J connectivity index is 1.04. The van der Waals surface area contributed by atoms with Gasteiger partial charge in [-0.15, -0.1) is 0 Å². The number of hydrogen-bond donors (Lipinski definition) is 0. The van der Waals surface area contributed by atoms with Gasteiger partial charge >= 0.3 is 0 Å². The lowest BCUT2D eigenvalue weighted by atomic mass is 9.34. The summed E-state index contributed by atoms with van der Waals surface area (Å²) < 4.78 is 16.6. The third-order valence-corrected chi connectivity index (χ3v) is 12.7. The third-order valence-electron chi connectivity index (χ3n) is 12.7. The SMILES string of the molecule is c1ccc(-c2cc3c4c(c2)Oc2c(c5ccccc5c5ccccc25)B4c2ccc(N(c4ccccc4)c4ccc5c(c4)c4ccccc4n5-c4ccccc4)cc2O3)cc1. The lowest BCUT2D eigenvalue weighted by Gasteiger charge is -2.35. The van der Waals surface area contributed by atoms with E-state index in [0.29, 0.717) is 0 Å². The minimum absolute atomic E-state index is 0.114. The molecule has 0 fully saturated rings. The molecule has 0 aliphatic carbocycles. The number of anilines is 3. The van der Waals surface area contributed by atoms with Crippen molar-refractivity contribution in [3.63, 3.8) is 0 Å².